The third kappa shape index (κ3) is 5.06. The molecule has 0 amide bonds. The van der Waals surface area contributed by atoms with Gasteiger partial charge < -0.3 is 10.4 Å². The van der Waals surface area contributed by atoms with Crippen molar-refractivity contribution in [2.45, 2.75) is 17.7 Å². The van der Waals surface area contributed by atoms with Gasteiger partial charge in [-0.1, -0.05) is 23.2 Å². The van der Waals surface area contributed by atoms with Crippen molar-refractivity contribution in [1.82, 2.24) is 9.62 Å². The van der Waals surface area contributed by atoms with Crippen molar-refractivity contribution >= 4 is 39.2 Å². The Morgan fingerprint density at radius 2 is 1.96 bits per heavy atom. The highest BCUT2D eigenvalue weighted by Gasteiger charge is 2.30. The van der Waals surface area contributed by atoms with Crippen LogP contribution in [0.15, 0.2) is 23.1 Å². The molecule has 0 aliphatic carbocycles. The molecule has 6 nitrogen and oxygen atoms in total. The Hall–Kier alpha value is -0.860. The van der Waals surface area contributed by atoms with Gasteiger partial charge in [0.2, 0.25) is 10.0 Å². The summed E-state index contributed by atoms with van der Waals surface area (Å²) < 4.78 is 26.8. The summed E-state index contributed by atoms with van der Waals surface area (Å²) in [4.78, 5) is 10.6. The average molecular weight is 381 g/mol. The van der Waals surface area contributed by atoms with Gasteiger partial charge in [0.25, 0.3) is 0 Å². The van der Waals surface area contributed by atoms with E-state index in [0.717, 1.165) is 12.8 Å². The Kier molecular flexibility index (Phi) is 6.27. The van der Waals surface area contributed by atoms with E-state index in [2.05, 4.69) is 5.32 Å². The number of carboxylic acids is 1. The maximum atomic E-state index is 12.7. The molecule has 1 aliphatic rings. The molecule has 1 aromatic carbocycles. The number of benzene rings is 1. The van der Waals surface area contributed by atoms with E-state index in [1.165, 1.54) is 22.5 Å². The fraction of sp³-hybridized carbons (Fsp3) is 0.500. The van der Waals surface area contributed by atoms with Gasteiger partial charge in [0.05, 0.1) is 11.4 Å². The molecule has 9 heteroatoms. The number of hydrogen-bond acceptors (Lipinski definition) is 4. The molecule has 1 aromatic rings. The number of rotatable bonds is 6. The Balaban J connectivity index is 2.08. The lowest BCUT2D eigenvalue weighted by molar-refractivity contribution is -0.136. The molecular weight excluding hydrogens is 363 g/mol. The number of halogens is 2. The first kappa shape index (κ1) is 18.5. The van der Waals surface area contributed by atoms with E-state index in [0.29, 0.717) is 19.6 Å². The highest BCUT2D eigenvalue weighted by molar-refractivity contribution is 7.89. The number of nitrogens with one attached hydrogen (secondary N) is 1. The molecule has 0 spiro atoms. The Bertz CT molecular complexity index is 661. The van der Waals surface area contributed by atoms with E-state index < -0.39 is 16.0 Å². The van der Waals surface area contributed by atoms with E-state index in [-0.39, 0.29) is 27.4 Å². The van der Waals surface area contributed by atoms with Crippen molar-refractivity contribution in [3.63, 3.8) is 0 Å². The number of aliphatic carboxylic acids is 1. The molecule has 0 aromatic heterocycles. The quantitative estimate of drug-likeness (QED) is 0.788. The normalized spacial score (nSPS) is 19.7. The van der Waals surface area contributed by atoms with Gasteiger partial charge in [-0.3, -0.25) is 4.79 Å². The van der Waals surface area contributed by atoms with E-state index in [1.54, 1.807) is 0 Å². The van der Waals surface area contributed by atoms with Gasteiger partial charge in [0, 0.05) is 23.1 Å². The zero-order valence-corrected chi connectivity index (χ0v) is 14.7. The maximum absolute atomic E-state index is 12.7. The minimum atomic E-state index is -3.66. The fourth-order valence-corrected chi connectivity index (χ4v) is 4.90. The molecule has 128 valence electrons. The number of hydrogen-bond donors (Lipinski definition) is 2. The van der Waals surface area contributed by atoms with Crippen LogP contribution >= 0.6 is 23.2 Å². The summed E-state index contributed by atoms with van der Waals surface area (Å²) in [5.41, 5.74) is 0. The molecule has 0 radical (unpaired) electrons. The summed E-state index contributed by atoms with van der Waals surface area (Å²) in [7, 11) is -3.66. The summed E-state index contributed by atoms with van der Waals surface area (Å²) in [5.74, 6) is -0.855. The third-order valence-corrected chi connectivity index (χ3v) is 5.94. The molecule has 1 aliphatic heterocycles. The molecule has 0 saturated carbocycles. The smallest absolute Gasteiger partial charge is 0.317 e. The zero-order chi connectivity index (χ0) is 17.0. The lowest BCUT2D eigenvalue weighted by Gasteiger charge is -2.32. The molecule has 1 unspecified atom stereocenters. The largest absolute Gasteiger partial charge is 0.480 e. The van der Waals surface area contributed by atoms with Gasteiger partial charge in [-0.25, -0.2) is 8.42 Å². The summed E-state index contributed by atoms with van der Waals surface area (Å²) in [6.07, 6.45) is 1.59. The summed E-state index contributed by atoms with van der Waals surface area (Å²) in [5, 5.41) is 12.0. The lowest BCUT2D eigenvalue weighted by atomic mass is 10.00. The minimum Gasteiger partial charge on any atom is -0.480 e. The van der Waals surface area contributed by atoms with E-state index >= 15 is 0 Å². The zero-order valence-electron chi connectivity index (χ0n) is 12.3. The maximum Gasteiger partial charge on any atom is 0.317 e. The molecular formula is C14H18Cl2N2O4S. The topological polar surface area (TPSA) is 86.7 Å². The number of nitrogens with zero attached hydrogens (tertiary/aromatic N) is 1. The second-order valence-corrected chi connectivity index (χ2v) is 8.31. The molecule has 2 N–H and O–H groups in total. The van der Waals surface area contributed by atoms with Crippen molar-refractivity contribution in [3.05, 3.63) is 28.2 Å². The van der Waals surface area contributed by atoms with Crippen molar-refractivity contribution in [2.24, 2.45) is 5.92 Å². The Morgan fingerprint density at radius 1 is 1.30 bits per heavy atom. The van der Waals surface area contributed by atoms with Crippen LogP contribution in [0.2, 0.25) is 10.0 Å². The molecule has 1 fully saturated rings. The van der Waals surface area contributed by atoms with Crippen molar-refractivity contribution in [3.8, 4) is 0 Å². The second kappa shape index (κ2) is 7.81. The second-order valence-electron chi connectivity index (χ2n) is 5.50. The van der Waals surface area contributed by atoms with Crippen molar-refractivity contribution < 1.29 is 18.3 Å². The number of sulfonamides is 1. The van der Waals surface area contributed by atoms with Crippen LogP contribution in [0.3, 0.4) is 0 Å². The minimum absolute atomic E-state index is 0.0764. The standard InChI is InChI=1S/C14H18Cl2N2O4S/c15-11-4-12(16)6-13(5-11)23(21,22)18-3-1-2-10(9-18)7-17-8-14(19)20/h4-6,10,17H,1-3,7-9H2,(H,19,20). The molecule has 1 atom stereocenters. The highest BCUT2D eigenvalue weighted by Crippen LogP contribution is 2.27. The monoisotopic (exact) mass is 380 g/mol. The van der Waals surface area contributed by atoms with Gasteiger partial charge >= 0.3 is 5.97 Å². The van der Waals surface area contributed by atoms with Gasteiger partial charge in [-0.2, -0.15) is 4.31 Å². The molecule has 2 rings (SSSR count). The fourth-order valence-electron chi connectivity index (χ4n) is 2.62. The Morgan fingerprint density at radius 3 is 2.57 bits per heavy atom. The Labute approximate surface area is 145 Å². The number of piperidine rings is 1. The van der Waals surface area contributed by atoms with E-state index in [9.17, 15) is 13.2 Å². The van der Waals surface area contributed by atoms with Crippen LogP contribution in [0.5, 0.6) is 0 Å². The van der Waals surface area contributed by atoms with E-state index in [4.69, 9.17) is 28.3 Å². The van der Waals surface area contributed by atoms with Gasteiger partial charge in [0.1, 0.15) is 0 Å². The molecule has 1 heterocycles. The van der Waals surface area contributed by atoms with Crippen LogP contribution in [-0.2, 0) is 14.8 Å². The summed E-state index contributed by atoms with van der Waals surface area (Å²) in [6, 6.07) is 4.25. The first-order valence-corrected chi connectivity index (χ1v) is 9.37. The molecule has 23 heavy (non-hydrogen) atoms. The first-order chi connectivity index (χ1) is 10.8. The summed E-state index contributed by atoms with van der Waals surface area (Å²) in [6.45, 7) is 1.11. The van der Waals surface area contributed by atoms with Crippen LogP contribution < -0.4 is 5.32 Å². The summed E-state index contributed by atoms with van der Waals surface area (Å²) >= 11 is 11.8. The van der Waals surface area contributed by atoms with Crippen LogP contribution in [0.25, 0.3) is 0 Å². The third-order valence-electron chi connectivity index (χ3n) is 3.66. The van der Waals surface area contributed by atoms with Gasteiger partial charge in [0.15, 0.2) is 0 Å². The first-order valence-electron chi connectivity index (χ1n) is 7.18. The van der Waals surface area contributed by atoms with E-state index in [1.807, 2.05) is 0 Å². The average Bonchev–Trinajstić information content (AvgIpc) is 2.46. The van der Waals surface area contributed by atoms with Crippen molar-refractivity contribution in [2.75, 3.05) is 26.2 Å². The SMILES string of the molecule is O=C(O)CNCC1CCCN(S(=O)(=O)c2cc(Cl)cc(Cl)c2)C1. The number of carbonyl (C=O) groups is 1. The van der Waals surface area contributed by atoms with Crippen LogP contribution in [-0.4, -0.2) is 50.0 Å². The lowest BCUT2D eigenvalue weighted by Crippen LogP contribution is -2.43. The number of carboxylic acid groups (broad SMARTS) is 1. The predicted octanol–water partition coefficient (Wildman–Crippen LogP) is 2.07. The van der Waals surface area contributed by atoms with Crippen LogP contribution in [0, 0.1) is 5.92 Å². The molecule has 1 saturated heterocycles. The van der Waals surface area contributed by atoms with Crippen LogP contribution in [0.1, 0.15) is 12.8 Å². The van der Waals surface area contributed by atoms with Crippen LogP contribution in [0.4, 0.5) is 0 Å². The van der Waals surface area contributed by atoms with Gasteiger partial charge in [-0.05, 0) is 43.5 Å². The molecule has 0 bridgehead atoms. The van der Waals surface area contributed by atoms with Crippen molar-refractivity contribution in [1.29, 1.82) is 0 Å². The predicted molar refractivity (Wildman–Crippen MR) is 88.5 cm³/mol. The van der Waals surface area contributed by atoms with Gasteiger partial charge in [-0.15, -0.1) is 0 Å². The highest BCUT2D eigenvalue weighted by atomic mass is 35.5.